The normalized spacial score (nSPS) is 11.0. The number of anilines is 3. The molecule has 1 aromatic heterocycles. The Morgan fingerprint density at radius 3 is 1.38 bits per heavy atom. The number of aryl methyl sites for hydroxylation is 6. The summed E-state index contributed by atoms with van der Waals surface area (Å²) in [6, 6.07) is 46.3. The van der Waals surface area contributed by atoms with E-state index in [1.54, 1.807) is 12.4 Å². The van der Waals surface area contributed by atoms with Gasteiger partial charge < -0.3 is 0 Å². The van der Waals surface area contributed by atoms with Crippen molar-refractivity contribution in [2.45, 2.75) is 41.5 Å². The first-order valence-corrected chi connectivity index (χ1v) is 17.3. The van der Waals surface area contributed by atoms with Crippen LogP contribution in [0.15, 0.2) is 146 Å². The van der Waals surface area contributed by atoms with Crippen molar-refractivity contribution in [1.29, 1.82) is 0 Å². The molecule has 0 N–H and O–H groups in total. The van der Waals surface area contributed by atoms with E-state index in [4.69, 9.17) is 4.98 Å². The van der Waals surface area contributed by atoms with Gasteiger partial charge in [0, 0.05) is 23.8 Å². The zero-order valence-corrected chi connectivity index (χ0v) is 29.8. The molecule has 244 valence electrons. The van der Waals surface area contributed by atoms with Crippen LogP contribution in [0, 0.1) is 41.5 Å². The molecule has 0 aliphatic rings. The number of hydrogen-bond acceptors (Lipinski definition) is 3. The van der Waals surface area contributed by atoms with Crippen LogP contribution in [0.3, 0.4) is 0 Å². The molecule has 0 atom stereocenters. The van der Waals surface area contributed by atoms with E-state index < -0.39 is 0 Å². The largest absolute Gasteiger partial charge is 0.294 e. The van der Waals surface area contributed by atoms with Gasteiger partial charge in [-0.05, 0) is 94.1 Å². The predicted octanol–water partition coefficient (Wildman–Crippen LogP) is 9.65. The molecule has 1 heterocycles. The Morgan fingerprint density at radius 1 is 0.460 bits per heavy atom. The average molecular weight is 648 g/mol. The molecule has 0 spiro atoms. The van der Waals surface area contributed by atoms with Gasteiger partial charge in [0.1, 0.15) is 0 Å². The topological polar surface area (TPSA) is 29.0 Å². The van der Waals surface area contributed by atoms with Gasteiger partial charge in [0.2, 0.25) is 6.71 Å². The SMILES string of the molecule is Cc1cc(C)c(B(c2ccc(N(c3cc(-c4ccccc4)cc(-c4ccccc4)c3)c3cnccn3)cc2)c2c(C)cc(C)cc2C)c(C)c1. The van der Waals surface area contributed by atoms with Gasteiger partial charge >= 0.3 is 0 Å². The summed E-state index contributed by atoms with van der Waals surface area (Å²) < 4.78 is 0. The summed E-state index contributed by atoms with van der Waals surface area (Å²) in [5.74, 6) is 0.761. The lowest BCUT2D eigenvalue weighted by atomic mass is 9.34. The van der Waals surface area contributed by atoms with Crippen LogP contribution in [0.25, 0.3) is 22.3 Å². The van der Waals surface area contributed by atoms with Crippen LogP contribution in [0.2, 0.25) is 0 Å². The number of benzene rings is 6. The lowest BCUT2D eigenvalue weighted by molar-refractivity contribution is 1.12. The standard InChI is InChI=1S/C46H42BN3/c1-31-23-33(3)45(34(4)24-31)47(46-35(5)25-32(2)26-36(46)6)41-17-19-42(20-18-41)50(44-30-48-21-22-49-44)43-28-39(37-13-9-7-10-14-37)27-40(29-43)38-15-11-8-12-16-38/h7-30H,1-6H3. The maximum atomic E-state index is 4.82. The van der Waals surface area contributed by atoms with Gasteiger partial charge in [-0.25, -0.2) is 4.98 Å². The maximum Gasteiger partial charge on any atom is 0.242 e. The van der Waals surface area contributed by atoms with Crippen molar-refractivity contribution in [2.24, 2.45) is 0 Å². The average Bonchev–Trinajstić information content (AvgIpc) is 3.12. The lowest BCUT2D eigenvalue weighted by Crippen LogP contribution is -2.55. The molecule has 4 heteroatoms. The van der Waals surface area contributed by atoms with E-state index >= 15 is 0 Å². The third kappa shape index (κ3) is 6.62. The summed E-state index contributed by atoms with van der Waals surface area (Å²) in [5.41, 5.74) is 18.6. The molecule has 3 nitrogen and oxygen atoms in total. The van der Waals surface area contributed by atoms with Crippen molar-refractivity contribution in [1.82, 2.24) is 9.97 Å². The van der Waals surface area contributed by atoms with E-state index in [-0.39, 0.29) is 6.71 Å². The number of hydrogen-bond donors (Lipinski definition) is 0. The molecular weight excluding hydrogens is 605 g/mol. The monoisotopic (exact) mass is 647 g/mol. The third-order valence-electron chi connectivity index (χ3n) is 9.71. The molecular formula is C46H42BN3. The summed E-state index contributed by atoms with van der Waals surface area (Å²) in [6.07, 6.45) is 5.33. The first kappa shape index (κ1) is 32.8. The zero-order chi connectivity index (χ0) is 34.8. The molecule has 0 amide bonds. The van der Waals surface area contributed by atoms with Crippen molar-refractivity contribution in [3.63, 3.8) is 0 Å². The quantitative estimate of drug-likeness (QED) is 0.154. The number of rotatable bonds is 8. The fraction of sp³-hybridized carbons (Fsp3) is 0.130. The molecule has 7 aromatic rings. The lowest BCUT2D eigenvalue weighted by Gasteiger charge is -2.27. The van der Waals surface area contributed by atoms with Crippen LogP contribution < -0.4 is 21.3 Å². The molecule has 0 bridgehead atoms. The smallest absolute Gasteiger partial charge is 0.242 e. The van der Waals surface area contributed by atoms with E-state index in [2.05, 4.69) is 179 Å². The van der Waals surface area contributed by atoms with Crippen LogP contribution in [-0.2, 0) is 0 Å². The Bertz CT molecular complexity index is 2100. The Balaban J connectivity index is 1.41. The van der Waals surface area contributed by atoms with Crippen LogP contribution >= 0.6 is 0 Å². The fourth-order valence-electron chi connectivity index (χ4n) is 7.74. The molecule has 0 aliphatic heterocycles. The van der Waals surface area contributed by atoms with Gasteiger partial charge in [-0.15, -0.1) is 0 Å². The number of aromatic nitrogens is 2. The van der Waals surface area contributed by atoms with E-state index in [1.165, 1.54) is 49.8 Å². The molecule has 6 aromatic carbocycles. The van der Waals surface area contributed by atoms with E-state index in [1.807, 2.05) is 6.20 Å². The van der Waals surface area contributed by atoms with Crippen molar-refractivity contribution >= 4 is 40.3 Å². The summed E-state index contributed by atoms with van der Waals surface area (Å²) in [7, 11) is 0. The Hall–Kier alpha value is -5.74. The van der Waals surface area contributed by atoms with Gasteiger partial charge in [-0.1, -0.05) is 147 Å². The summed E-state index contributed by atoms with van der Waals surface area (Å²) >= 11 is 0. The fourth-order valence-corrected chi connectivity index (χ4v) is 7.74. The van der Waals surface area contributed by atoms with Crippen LogP contribution in [-0.4, -0.2) is 16.7 Å². The third-order valence-corrected chi connectivity index (χ3v) is 9.71. The molecule has 0 saturated heterocycles. The van der Waals surface area contributed by atoms with Crippen molar-refractivity contribution in [2.75, 3.05) is 4.90 Å². The zero-order valence-electron chi connectivity index (χ0n) is 29.8. The molecule has 0 saturated carbocycles. The Morgan fingerprint density at radius 2 is 0.940 bits per heavy atom. The van der Waals surface area contributed by atoms with Crippen LogP contribution in [0.4, 0.5) is 17.2 Å². The summed E-state index contributed by atoms with van der Waals surface area (Å²) in [6.45, 7) is 13.5. The van der Waals surface area contributed by atoms with Gasteiger partial charge in [0.25, 0.3) is 0 Å². The molecule has 7 rings (SSSR count). The second-order valence-electron chi connectivity index (χ2n) is 13.5. The second-order valence-corrected chi connectivity index (χ2v) is 13.5. The highest BCUT2D eigenvalue weighted by atomic mass is 15.2. The van der Waals surface area contributed by atoms with Gasteiger partial charge in [-0.2, -0.15) is 0 Å². The predicted molar refractivity (Wildman–Crippen MR) is 214 cm³/mol. The van der Waals surface area contributed by atoms with Gasteiger partial charge in [0.05, 0.1) is 6.20 Å². The molecule has 50 heavy (non-hydrogen) atoms. The first-order chi connectivity index (χ1) is 24.3. The highest BCUT2D eigenvalue weighted by Crippen LogP contribution is 2.38. The van der Waals surface area contributed by atoms with Crippen molar-refractivity contribution in [3.8, 4) is 22.3 Å². The molecule has 0 unspecified atom stereocenters. The van der Waals surface area contributed by atoms with Crippen molar-refractivity contribution < 1.29 is 0 Å². The maximum absolute atomic E-state index is 4.82. The second kappa shape index (κ2) is 14.0. The summed E-state index contributed by atoms with van der Waals surface area (Å²) in [5, 5.41) is 0. The molecule has 0 fully saturated rings. The van der Waals surface area contributed by atoms with E-state index in [0.717, 1.165) is 39.4 Å². The van der Waals surface area contributed by atoms with Gasteiger partial charge in [0.15, 0.2) is 5.82 Å². The highest BCUT2D eigenvalue weighted by Gasteiger charge is 2.29. The highest BCUT2D eigenvalue weighted by molar-refractivity contribution is 6.96. The Kier molecular flexibility index (Phi) is 9.19. The molecule has 0 aliphatic carbocycles. The molecule has 0 radical (unpaired) electrons. The minimum absolute atomic E-state index is 0.0984. The summed E-state index contributed by atoms with van der Waals surface area (Å²) in [4.78, 5) is 11.5. The van der Waals surface area contributed by atoms with Crippen LogP contribution in [0.5, 0.6) is 0 Å². The minimum atomic E-state index is 0.0984. The van der Waals surface area contributed by atoms with Crippen molar-refractivity contribution in [3.05, 3.63) is 179 Å². The van der Waals surface area contributed by atoms with E-state index in [9.17, 15) is 0 Å². The van der Waals surface area contributed by atoms with Gasteiger partial charge in [-0.3, -0.25) is 9.88 Å². The minimum Gasteiger partial charge on any atom is -0.294 e. The first-order valence-electron chi connectivity index (χ1n) is 17.3. The Labute approximate surface area is 297 Å². The van der Waals surface area contributed by atoms with Crippen LogP contribution in [0.1, 0.15) is 33.4 Å². The number of nitrogens with zero attached hydrogens (tertiary/aromatic N) is 3. The van der Waals surface area contributed by atoms with E-state index in [0.29, 0.717) is 0 Å².